The maximum absolute atomic E-state index is 14.5. The van der Waals surface area contributed by atoms with Gasteiger partial charge in [0.2, 0.25) is 0 Å². The van der Waals surface area contributed by atoms with Gasteiger partial charge in [0.25, 0.3) is 0 Å². The molecule has 2 heterocycles. The molecule has 1 aromatic heterocycles. The standard InChI is InChI=1S/C22H21ClFN3O/c1-22(2,3)28-13-15-12-27-19-9-8-14(23)10-17(19)21(25-11-20(27)26-15)16-6-4-5-7-18(16)24/h4-10,12H,11,13H2,1-3H3. The molecule has 0 saturated heterocycles. The Bertz CT molecular complexity index is 1070. The SMILES string of the molecule is CC(C)(C)OCc1cn2c(n1)CN=C(c1ccccc1F)c1cc(Cl)ccc1-2. The van der Waals surface area contributed by atoms with Gasteiger partial charge < -0.3 is 9.30 Å². The van der Waals surface area contributed by atoms with E-state index in [9.17, 15) is 4.39 Å². The van der Waals surface area contributed by atoms with Gasteiger partial charge in [-0.3, -0.25) is 4.99 Å². The van der Waals surface area contributed by atoms with Crippen molar-refractivity contribution in [3.63, 3.8) is 0 Å². The van der Waals surface area contributed by atoms with Gasteiger partial charge in [-0.1, -0.05) is 23.7 Å². The second-order valence-corrected chi connectivity index (χ2v) is 8.16. The zero-order valence-corrected chi connectivity index (χ0v) is 16.8. The third-order valence-electron chi connectivity index (χ3n) is 4.46. The number of rotatable bonds is 3. The monoisotopic (exact) mass is 397 g/mol. The van der Waals surface area contributed by atoms with Crippen molar-refractivity contribution in [1.82, 2.24) is 9.55 Å². The first-order chi connectivity index (χ1) is 13.3. The van der Waals surface area contributed by atoms with Gasteiger partial charge in [0, 0.05) is 22.3 Å². The predicted molar refractivity (Wildman–Crippen MR) is 109 cm³/mol. The van der Waals surface area contributed by atoms with Crippen molar-refractivity contribution in [1.29, 1.82) is 0 Å². The van der Waals surface area contributed by atoms with Crippen LogP contribution >= 0.6 is 11.6 Å². The van der Waals surface area contributed by atoms with Crippen LogP contribution in [0.25, 0.3) is 5.69 Å². The quantitative estimate of drug-likeness (QED) is 0.599. The molecule has 0 radical (unpaired) electrons. The van der Waals surface area contributed by atoms with E-state index in [2.05, 4.69) is 4.98 Å². The lowest BCUT2D eigenvalue weighted by molar-refractivity contribution is -0.0163. The van der Waals surface area contributed by atoms with Gasteiger partial charge in [0.1, 0.15) is 11.6 Å². The minimum Gasteiger partial charge on any atom is -0.370 e. The number of benzene rings is 2. The van der Waals surface area contributed by atoms with Gasteiger partial charge in [0.05, 0.1) is 35.8 Å². The molecule has 4 rings (SSSR count). The molecule has 2 aromatic carbocycles. The molecule has 144 valence electrons. The summed E-state index contributed by atoms with van der Waals surface area (Å²) >= 11 is 6.26. The van der Waals surface area contributed by atoms with Crippen molar-refractivity contribution >= 4 is 17.3 Å². The van der Waals surface area contributed by atoms with Gasteiger partial charge in [-0.2, -0.15) is 0 Å². The topological polar surface area (TPSA) is 39.4 Å². The molecular formula is C22H21ClFN3O. The van der Waals surface area contributed by atoms with E-state index in [4.69, 9.17) is 21.3 Å². The molecule has 6 heteroatoms. The smallest absolute Gasteiger partial charge is 0.135 e. The normalized spacial score (nSPS) is 13.5. The molecule has 4 nitrogen and oxygen atoms in total. The largest absolute Gasteiger partial charge is 0.370 e. The molecule has 0 saturated carbocycles. The number of nitrogens with zero attached hydrogens (tertiary/aromatic N) is 3. The van der Waals surface area contributed by atoms with Crippen LogP contribution in [0, 0.1) is 5.82 Å². The third kappa shape index (κ3) is 3.73. The van der Waals surface area contributed by atoms with Crippen molar-refractivity contribution in [2.45, 2.75) is 39.5 Å². The second-order valence-electron chi connectivity index (χ2n) is 7.73. The Morgan fingerprint density at radius 1 is 1.14 bits per heavy atom. The maximum Gasteiger partial charge on any atom is 0.135 e. The Kier molecular flexibility index (Phi) is 4.81. The zero-order chi connectivity index (χ0) is 19.9. The molecule has 0 N–H and O–H groups in total. The van der Waals surface area contributed by atoms with Crippen molar-refractivity contribution in [3.8, 4) is 5.69 Å². The highest BCUT2D eigenvalue weighted by Crippen LogP contribution is 2.29. The Morgan fingerprint density at radius 3 is 2.68 bits per heavy atom. The number of fused-ring (bicyclic) bond motifs is 3. The highest BCUT2D eigenvalue weighted by Gasteiger charge is 2.23. The van der Waals surface area contributed by atoms with Crippen LogP contribution in [0.5, 0.6) is 0 Å². The van der Waals surface area contributed by atoms with Crippen LogP contribution in [0.15, 0.2) is 53.7 Å². The fourth-order valence-corrected chi connectivity index (χ4v) is 3.35. The fourth-order valence-electron chi connectivity index (χ4n) is 3.18. The van der Waals surface area contributed by atoms with Gasteiger partial charge in [-0.05, 0) is 51.1 Å². The molecule has 3 aromatic rings. The molecule has 0 atom stereocenters. The van der Waals surface area contributed by atoms with Crippen LogP contribution in [0.1, 0.15) is 43.4 Å². The zero-order valence-electron chi connectivity index (χ0n) is 16.0. The molecule has 1 aliphatic rings. The van der Waals surface area contributed by atoms with E-state index in [1.807, 2.05) is 49.7 Å². The molecule has 0 spiro atoms. The van der Waals surface area contributed by atoms with E-state index < -0.39 is 0 Å². The summed E-state index contributed by atoms with van der Waals surface area (Å²) in [5, 5.41) is 0.572. The predicted octanol–water partition coefficient (Wildman–Crippen LogP) is 5.33. The summed E-state index contributed by atoms with van der Waals surface area (Å²) in [7, 11) is 0. The Hall–Kier alpha value is -2.50. The van der Waals surface area contributed by atoms with E-state index >= 15 is 0 Å². The van der Waals surface area contributed by atoms with Crippen molar-refractivity contribution in [2.24, 2.45) is 4.99 Å². The first-order valence-corrected chi connectivity index (χ1v) is 9.50. The average molecular weight is 398 g/mol. The van der Waals surface area contributed by atoms with Crippen molar-refractivity contribution in [2.75, 3.05) is 0 Å². The van der Waals surface area contributed by atoms with E-state index in [-0.39, 0.29) is 11.4 Å². The molecule has 1 aliphatic heterocycles. The Morgan fingerprint density at radius 2 is 1.93 bits per heavy atom. The fraction of sp³-hybridized carbons (Fsp3) is 0.273. The molecule has 0 fully saturated rings. The number of hydrogen-bond acceptors (Lipinski definition) is 3. The van der Waals surface area contributed by atoms with E-state index in [1.165, 1.54) is 6.07 Å². The Balaban J connectivity index is 1.81. The third-order valence-corrected chi connectivity index (χ3v) is 4.70. The lowest BCUT2D eigenvalue weighted by atomic mass is 10.00. The number of halogens is 2. The number of aliphatic imine (C=N–C) groups is 1. The first-order valence-electron chi connectivity index (χ1n) is 9.12. The summed E-state index contributed by atoms with van der Waals surface area (Å²) in [6.45, 7) is 6.78. The first kappa shape index (κ1) is 18.8. The molecule has 0 aliphatic carbocycles. The molecule has 0 unspecified atom stereocenters. The minimum atomic E-state index is -0.314. The lowest BCUT2D eigenvalue weighted by Gasteiger charge is -2.18. The van der Waals surface area contributed by atoms with Gasteiger partial charge in [0.15, 0.2) is 0 Å². The molecule has 0 amide bonds. The molecule has 28 heavy (non-hydrogen) atoms. The van der Waals surface area contributed by atoms with Crippen LogP contribution in [0.3, 0.4) is 0 Å². The summed E-state index contributed by atoms with van der Waals surface area (Å²) in [5.41, 5.74) is 3.25. The summed E-state index contributed by atoms with van der Waals surface area (Å²) in [6, 6.07) is 12.2. The second kappa shape index (κ2) is 7.15. The van der Waals surface area contributed by atoms with Gasteiger partial charge in [-0.15, -0.1) is 0 Å². The van der Waals surface area contributed by atoms with E-state index in [0.717, 1.165) is 22.8 Å². The molecule has 0 bridgehead atoms. The molecular weight excluding hydrogens is 377 g/mol. The van der Waals surface area contributed by atoms with Gasteiger partial charge in [-0.25, -0.2) is 9.37 Å². The number of ether oxygens (including phenoxy) is 1. The summed E-state index contributed by atoms with van der Waals surface area (Å²) < 4.78 is 22.3. The summed E-state index contributed by atoms with van der Waals surface area (Å²) in [4.78, 5) is 9.38. The summed E-state index contributed by atoms with van der Waals surface area (Å²) in [5.74, 6) is 0.466. The van der Waals surface area contributed by atoms with Gasteiger partial charge >= 0.3 is 0 Å². The average Bonchev–Trinajstić information content (AvgIpc) is 2.98. The highest BCUT2D eigenvalue weighted by atomic mass is 35.5. The van der Waals surface area contributed by atoms with Crippen molar-refractivity contribution in [3.05, 3.63) is 82.1 Å². The van der Waals surface area contributed by atoms with Crippen LogP contribution in [0.4, 0.5) is 4.39 Å². The van der Waals surface area contributed by atoms with Crippen LogP contribution in [0.2, 0.25) is 5.02 Å². The minimum absolute atomic E-state index is 0.247. The van der Waals surface area contributed by atoms with E-state index in [0.29, 0.717) is 29.4 Å². The number of hydrogen-bond donors (Lipinski definition) is 0. The van der Waals surface area contributed by atoms with Crippen LogP contribution in [-0.4, -0.2) is 20.9 Å². The summed E-state index contributed by atoms with van der Waals surface area (Å²) in [6.07, 6.45) is 1.95. The van der Waals surface area contributed by atoms with Crippen LogP contribution < -0.4 is 0 Å². The number of imidazole rings is 1. The number of aromatic nitrogens is 2. The Labute approximate surface area is 168 Å². The van der Waals surface area contributed by atoms with E-state index in [1.54, 1.807) is 18.2 Å². The lowest BCUT2D eigenvalue weighted by Crippen LogP contribution is -2.18. The maximum atomic E-state index is 14.5. The highest BCUT2D eigenvalue weighted by molar-refractivity contribution is 6.31. The van der Waals surface area contributed by atoms with Crippen LogP contribution in [-0.2, 0) is 17.9 Å². The van der Waals surface area contributed by atoms with Crippen molar-refractivity contribution < 1.29 is 9.13 Å².